The van der Waals surface area contributed by atoms with E-state index in [-0.39, 0.29) is 5.97 Å². The molecule has 35 heavy (non-hydrogen) atoms. The van der Waals surface area contributed by atoms with Gasteiger partial charge in [-0.1, -0.05) is 59.8 Å². The number of fused-ring (bicyclic) bond motifs is 1. The third kappa shape index (κ3) is 3.82. The van der Waals surface area contributed by atoms with Gasteiger partial charge in [0.05, 0.1) is 23.7 Å². The summed E-state index contributed by atoms with van der Waals surface area (Å²) in [6.45, 7) is 0.592. The van der Waals surface area contributed by atoms with Crippen LogP contribution in [-0.2, 0) is 11.3 Å². The summed E-state index contributed by atoms with van der Waals surface area (Å²) in [5, 5.41) is 3.84. The predicted molar refractivity (Wildman–Crippen MR) is 130 cm³/mol. The van der Waals surface area contributed by atoms with Gasteiger partial charge in [-0.3, -0.25) is 9.51 Å². The van der Waals surface area contributed by atoms with E-state index < -0.39 is 5.76 Å². The van der Waals surface area contributed by atoms with E-state index in [4.69, 9.17) is 14.2 Å². The number of aromatic nitrogens is 4. The number of hydrogen-bond donors (Lipinski definition) is 1. The van der Waals surface area contributed by atoms with Crippen LogP contribution >= 0.6 is 0 Å². The Kier molecular flexibility index (Phi) is 5.06. The van der Waals surface area contributed by atoms with E-state index in [1.807, 2.05) is 48.5 Å². The molecule has 5 aromatic rings. The molecule has 2 heterocycles. The molecule has 0 bridgehead atoms. The topological polar surface area (TPSA) is 103 Å². The van der Waals surface area contributed by atoms with Crippen LogP contribution in [0.4, 0.5) is 0 Å². The fourth-order valence-corrected chi connectivity index (χ4v) is 4.55. The maximum absolute atomic E-state index is 12.5. The van der Waals surface area contributed by atoms with Gasteiger partial charge in [0.1, 0.15) is 5.82 Å². The number of methoxy groups -OCH3 is 1. The first kappa shape index (κ1) is 21.1. The SMILES string of the molecule is COC(=O)c1cccc2nc(C3CC3)n(Cc3ccc(-c4ccccc4-c4noc(=O)[nH]4)cc3)c12. The Labute approximate surface area is 200 Å². The lowest BCUT2D eigenvalue weighted by Gasteiger charge is -2.12. The zero-order valence-corrected chi connectivity index (χ0v) is 19.0. The van der Waals surface area contributed by atoms with Crippen molar-refractivity contribution in [3.8, 4) is 22.5 Å². The lowest BCUT2D eigenvalue weighted by atomic mass is 9.98. The van der Waals surface area contributed by atoms with E-state index in [1.165, 1.54) is 7.11 Å². The largest absolute Gasteiger partial charge is 0.465 e. The zero-order chi connectivity index (χ0) is 23.9. The third-order valence-corrected chi connectivity index (χ3v) is 6.37. The van der Waals surface area contributed by atoms with Gasteiger partial charge in [-0.05, 0) is 41.7 Å². The number of nitrogens with zero attached hydrogens (tertiary/aromatic N) is 3. The molecular weight excluding hydrogens is 444 g/mol. The monoisotopic (exact) mass is 466 g/mol. The second-order valence-electron chi connectivity index (χ2n) is 8.68. The number of imidazole rings is 1. The fraction of sp³-hybridized carbons (Fsp3) is 0.185. The quantitative estimate of drug-likeness (QED) is 0.362. The Balaban J connectivity index is 1.38. The van der Waals surface area contributed by atoms with E-state index in [2.05, 4.69) is 26.8 Å². The number of para-hydroxylation sites is 1. The molecule has 1 aliphatic carbocycles. The highest BCUT2D eigenvalue weighted by Crippen LogP contribution is 2.41. The summed E-state index contributed by atoms with van der Waals surface area (Å²) in [6.07, 6.45) is 2.22. The molecule has 1 saturated carbocycles. The van der Waals surface area contributed by atoms with E-state index >= 15 is 0 Å². The van der Waals surface area contributed by atoms with Crippen molar-refractivity contribution in [2.75, 3.05) is 7.11 Å². The van der Waals surface area contributed by atoms with Crippen LogP contribution in [0.5, 0.6) is 0 Å². The van der Waals surface area contributed by atoms with Crippen molar-refractivity contribution in [3.05, 3.63) is 94.2 Å². The van der Waals surface area contributed by atoms with Crippen molar-refractivity contribution >= 4 is 17.0 Å². The minimum atomic E-state index is -0.587. The van der Waals surface area contributed by atoms with Crippen LogP contribution in [0.3, 0.4) is 0 Å². The molecule has 8 heteroatoms. The molecule has 0 spiro atoms. The van der Waals surface area contributed by atoms with Crippen LogP contribution in [-0.4, -0.2) is 32.8 Å². The number of ether oxygens (including phenoxy) is 1. The minimum Gasteiger partial charge on any atom is -0.465 e. The predicted octanol–water partition coefficient (Wildman–Crippen LogP) is 4.76. The Morgan fingerprint density at radius 3 is 2.51 bits per heavy atom. The minimum absolute atomic E-state index is 0.364. The Hall–Kier alpha value is -4.46. The van der Waals surface area contributed by atoms with Gasteiger partial charge in [0.25, 0.3) is 0 Å². The van der Waals surface area contributed by atoms with E-state index in [0.29, 0.717) is 23.9 Å². The van der Waals surface area contributed by atoms with Crippen LogP contribution in [0, 0.1) is 0 Å². The van der Waals surface area contributed by atoms with Crippen molar-refractivity contribution in [2.45, 2.75) is 25.3 Å². The average molecular weight is 466 g/mol. The zero-order valence-electron chi connectivity index (χ0n) is 19.0. The molecule has 0 radical (unpaired) electrons. The van der Waals surface area contributed by atoms with Crippen LogP contribution in [0.15, 0.2) is 76.0 Å². The number of aromatic amines is 1. The summed E-state index contributed by atoms with van der Waals surface area (Å²) in [4.78, 5) is 31.4. The maximum atomic E-state index is 12.5. The molecule has 1 fully saturated rings. The summed E-state index contributed by atoms with van der Waals surface area (Å²) in [7, 11) is 1.40. The highest BCUT2D eigenvalue weighted by Gasteiger charge is 2.31. The van der Waals surface area contributed by atoms with Gasteiger partial charge in [-0.15, -0.1) is 0 Å². The fourth-order valence-electron chi connectivity index (χ4n) is 4.55. The molecule has 0 amide bonds. The van der Waals surface area contributed by atoms with E-state index in [1.54, 1.807) is 6.07 Å². The molecule has 0 aliphatic heterocycles. The van der Waals surface area contributed by atoms with Gasteiger partial charge in [-0.2, -0.15) is 0 Å². The van der Waals surface area contributed by atoms with Crippen molar-refractivity contribution in [2.24, 2.45) is 0 Å². The Bertz CT molecular complexity index is 1610. The van der Waals surface area contributed by atoms with Crippen molar-refractivity contribution in [1.29, 1.82) is 0 Å². The number of hydrogen-bond acceptors (Lipinski definition) is 6. The molecular formula is C27H22N4O4. The number of benzene rings is 3. The number of esters is 1. The van der Waals surface area contributed by atoms with Crippen molar-refractivity contribution in [1.82, 2.24) is 19.7 Å². The average Bonchev–Trinajstić information content (AvgIpc) is 3.55. The number of nitrogens with one attached hydrogen (secondary N) is 1. The summed E-state index contributed by atoms with van der Waals surface area (Å²) in [5.41, 5.74) is 5.93. The maximum Gasteiger partial charge on any atom is 0.439 e. The van der Waals surface area contributed by atoms with Crippen molar-refractivity contribution in [3.63, 3.8) is 0 Å². The summed E-state index contributed by atoms with van der Waals surface area (Å²) in [5.74, 6) is 0.876. The highest BCUT2D eigenvalue weighted by atomic mass is 16.5. The molecule has 174 valence electrons. The van der Waals surface area contributed by atoms with Gasteiger partial charge in [0, 0.05) is 18.0 Å². The molecule has 1 aliphatic rings. The van der Waals surface area contributed by atoms with E-state index in [9.17, 15) is 9.59 Å². The van der Waals surface area contributed by atoms with Crippen LogP contribution in [0.25, 0.3) is 33.5 Å². The van der Waals surface area contributed by atoms with Crippen LogP contribution in [0.2, 0.25) is 0 Å². The van der Waals surface area contributed by atoms with Gasteiger partial charge in [-0.25, -0.2) is 14.6 Å². The molecule has 8 nitrogen and oxygen atoms in total. The Morgan fingerprint density at radius 2 is 1.83 bits per heavy atom. The van der Waals surface area contributed by atoms with Gasteiger partial charge >= 0.3 is 11.7 Å². The molecule has 0 atom stereocenters. The van der Waals surface area contributed by atoms with Gasteiger partial charge in [0.15, 0.2) is 5.82 Å². The summed E-state index contributed by atoms with van der Waals surface area (Å²) >= 11 is 0. The number of rotatable bonds is 6. The number of carbonyl (C=O) groups excluding carboxylic acids is 1. The first-order valence-corrected chi connectivity index (χ1v) is 11.4. The smallest absolute Gasteiger partial charge is 0.439 e. The lowest BCUT2D eigenvalue weighted by Crippen LogP contribution is -2.09. The second kappa shape index (κ2) is 8.39. The molecule has 3 aromatic carbocycles. The van der Waals surface area contributed by atoms with Gasteiger partial charge < -0.3 is 9.30 Å². The van der Waals surface area contributed by atoms with Crippen LogP contribution < -0.4 is 5.76 Å². The molecule has 1 N–H and O–H groups in total. The first-order chi connectivity index (χ1) is 17.1. The first-order valence-electron chi connectivity index (χ1n) is 11.4. The summed E-state index contributed by atoms with van der Waals surface area (Å²) in [6, 6.07) is 21.5. The van der Waals surface area contributed by atoms with Gasteiger partial charge in [0.2, 0.25) is 0 Å². The molecule has 2 aromatic heterocycles. The van der Waals surface area contributed by atoms with Crippen molar-refractivity contribution < 1.29 is 14.1 Å². The lowest BCUT2D eigenvalue weighted by molar-refractivity contribution is 0.0602. The summed E-state index contributed by atoms with van der Waals surface area (Å²) < 4.78 is 11.9. The highest BCUT2D eigenvalue weighted by molar-refractivity contribution is 6.02. The molecule has 6 rings (SSSR count). The Morgan fingerprint density at radius 1 is 1.06 bits per heavy atom. The van der Waals surface area contributed by atoms with Crippen LogP contribution in [0.1, 0.15) is 40.5 Å². The molecule has 0 unspecified atom stereocenters. The second-order valence-corrected chi connectivity index (χ2v) is 8.68. The number of H-pyrrole nitrogens is 1. The van der Waals surface area contributed by atoms with E-state index in [0.717, 1.165) is 52.0 Å². The standard InChI is InChI=1S/C27H22N4O4/c1-34-26(32)21-7-4-8-22-23(21)31(25(28-22)18-13-14-18)15-16-9-11-17(12-10-16)19-5-2-3-6-20(19)24-29-27(33)35-30-24/h2-12,18H,13-15H2,1H3,(H,29,30,33). The number of carbonyl (C=O) groups is 1. The third-order valence-electron chi connectivity index (χ3n) is 6.37. The molecule has 0 saturated heterocycles. The normalized spacial score (nSPS) is 13.3.